The van der Waals surface area contributed by atoms with Gasteiger partial charge in [-0.2, -0.15) is 13.2 Å². The Kier molecular flexibility index (Phi) is 3.28. The lowest BCUT2D eigenvalue weighted by Gasteiger charge is -2.16. The van der Waals surface area contributed by atoms with Crippen LogP contribution in [0.2, 0.25) is 0 Å². The van der Waals surface area contributed by atoms with Gasteiger partial charge >= 0.3 is 6.18 Å². The van der Waals surface area contributed by atoms with Gasteiger partial charge in [0.1, 0.15) is 5.82 Å². The van der Waals surface area contributed by atoms with Crippen LogP contribution >= 0.6 is 0 Å². The number of hydrogen-bond donors (Lipinski definition) is 0. The highest BCUT2D eigenvalue weighted by molar-refractivity contribution is 5.94. The summed E-state index contributed by atoms with van der Waals surface area (Å²) < 4.78 is 50.6. The molecule has 1 heterocycles. The Hall–Kier alpha value is -1.59. The Morgan fingerprint density at radius 2 is 1.78 bits per heavy atom. The molecule has 1 aliphatic rings. The van der Waals surface area contributed by atoms with Crippen LogP contribution in [0.25, 0.3) is 0 Å². The van der Waals surface area contributed by atoms with Crippen LogP contribution < -0.4 is 0 Å². The summed E-state index contributed by atoms with van der Waals surface area (Å²) in [7, 11) is 0. The number of amides is 1. The summed E-state index contributed by atoms with van der Waals surface area (Å²) in [5.74, 6) is -1.67. The summed E-state index contributed by atoms with van der Waals surface area (Å²) in [4.78, 5) is 13.3. The minimum Gasteiger partial charge on any atom is -0.339 e. The largest absolute Gasteiger partial charge is 0.416 e. The molecule has 1 aliphatic heterocycles. The molecule has 6 heteroatoms. The Labute approximate surface area is 101 Å². The van der Waals surface area contributed by atoms with Crippen molar-refractivity contribution in [2.75, 3.05) is 13.1 Å². The van der Waals surface area contributed by atoms with Crippen LogP contribution in [0.3, 0.4) is 0 Å². The first-order valence-corrected chi connectivity index (χ1v) is 5.55. The second kappa shape index (κ2) is 4.59. The van der Waals surface area contributed by atoms with Crippen molar-refractivity contribution in [2.24, 2.45) is 0 Å². The van der Waals surface area contributed by atoms with Gasteiger partial charge in [0.15, 0.2) is 0 Å². The molecule has 0 radical (unpaired) electrons. The van der Waals surface area contributed by atoms with E-state index in [2.05, 4.69) is 0 Å². The van der Waals surface area contributed by atoms with E-state index >= 15 is 0 Å². The van der Waals surface area contributed by atoms with Crippen LogP contribution in [0.15, 0.2) is 18.2 Å². The molecule has 1 amide bonds. The Bertz CT molecular complexity index is 464. The highest BCUT2D eigenvalue weighted by Crippen LogP contribution is 2.30. The predicted molar refractivity (Wildman–Crippen MR) is 56.5 cm³/mol. The van der Waals surface area contributed by atoms with Crippen LogP contribution in [0.4, 0.5) is 17.6 Å². The summed E-state index contributed by atoms with van der Waals surface area (Å²) in [6.07, 6.45) is -2.92. The number of rotatable bonds is 1. The second-order valence-corrected chi connectivity index (χ2v) is 4.19. The van der Waals surface area contributed by atoms with Gasteiger partial charge in [-0.05, 0) is 31.0 Å². The first-order chi connectivity index (χ1) is 8.39. The number of halogens is 4. The van der Waals surface area contributed by atoms with Gasteiger partial charge < -0.3 is 4.90 Å². The average molecular weight is 261 g/mol. The second-order valence-electron chi connectivity index (χ2n) is 4.19. The van der Waals surface area contributed by atoms with Crippen molar-refractivity contribution in [2.45, 2.75) is 19.0 Å². The van der Waals surface area contributed by atoms with E-state index in [1.807, 2.05) is 0 Å². The molecule has 98 valence electrons. The van der Waals surface area contributed by atoms with Gasteiger partial charge in [0.25, 0.3) is 5.91 Å². The smallest absolute Gasteiger partial charge is 0.339 e. The third-order valence-corrected chi connectivity index (χ3v) is 2.92. The third-order valence-electron chi connectivity index (χ3n) is 2.92. The fraction of sp³-hybridized carbons (Fsp3) is 0.417. The number of benzene rings is 1. The molecule has 1 aromatic rings. The molecule has 18 heavy (non-hydrogen) atoms. The van der Waals surface area contributed by atoms with Gasteiger partial charge in [-0.25, -0.2) is 4.39 Å². The molecule has 1 fully saturated rings. The van der Waals surface area contributed by atoms with Crippen molar-refractivity contribution in [3.8, 4) is 0 Å². The standard InChI is InChI=1S/C12H11F4NO/c13-10-7-8(12(14,15)16)3-4-9(10)11(18)17-5-1-2-6-17/h3-4,7H,1-2,5-6H2. The van der Waals surface area contributed by atoms with Gasteiger partial charge in [-0.3, -0.25) is 4.79 Å². The lowest BCUT2D eigenvalue weighted by molar-refractivity contribution is -0.137. The van der Waals surface area contributed by atoms with Crippen molar-refractivity contribution in [1.82, 2.24) is 4.90 Å². The Balaban J connectivity index is 2.27. The predicted octanol–water partition coefficient (Wildman–Crippen LogP) is 3.08. The van der Waals surface area contributed by atoms with E-state index in [0.29, 0.717) is 19.2 Å². The van der Waals surface area contributed by atoms with Crippen LogP contribution in [-0.4, -0.2) is 23.9 Å². The fourth-order valence-corrected chi connectivity index (χ4v) is 1.96. The first kappa shape index (κ1) is 12.9. The molecule has 0 N–H and O–H groups in total. The molecule has 1 saturated heterocycles. The molecule has 2 nitrogen and oxygen atoms in total. The summed E-state index contributed by atoms with van der Waals surface area (Å²) in [5.41, 5.74) is -1.39. The quantitative estimate of drug-likeness (QED) is 0.711. The molecule has 0 bridgehead atoms. The molecular formula is C12H11F4NO. The Morgan fingerprint density at radius 1 is 1.17 bits per heavy atom. The number of likely N-dealkylation sites (tertiary alicyclic amines) is 1. The van der Waals surface area contributed by atoms with Crippen molar-refractivity contribution in [3.63, 3.8) is 0 Å². The molecule has 0 atom stereocenters. The zero-order valence-corrected chi connectivity index (χ0v) is 9.43. The lowest BCUT2D eigenvalue weighted by atomic mass is 10.1. The van der Waals surface area contributed by atoms with E-state index in [4.69, 9.17) is 0 Å². The topological polar surface area (TPSA) is 20.3 Å². The van der Waals surface area contributed by atoms with Crippen molar-refractivity contribution >= 4 is 5.91 Å². The van der Waals surface area contributed by atoms with Crippen LogP contribution in [0.5, 0.6) is 0 Å². The molecule has 0 aliphatic carbocycles. The van der Waals surface area contributed by atoms with Crippen LogP contribution in [-0.2, 0) is 6.18 Å². The van der Waals surface area contributed by atoms with Gasteiger partial charge in [0.05, 0.1) is 11.1 Å². The van der Waals surface area contributed by atoms with E-state index < -0.39 is 23.5 Å². The molecule has 0 saturated carbocycles. The number of carbonyl (C=O) groups excluding carboxylic acids is 1. The van der Waals surface area contributed by atoms with Crippen molar-refractivity contribution < 1.29 is 22.4 Å². The maximum Gasteiger partial charge on any atom is 0.416 e. The average Bonchev–Trinajstić information content (AvgIpc) is 2.80. The number of nitrogens with zero attached hydrogens (tertiary/aromatic N) is 1. The highest BCUT2D eigenvalue weighted by Gasteiger charge is 2.32. The molecule has 2 rings (SSSR count). The Morgan fingerprint density at radius 3 is 2.28 bits per heavy atom. The zero-order chi connectivity index (χ0) is 13.3. The third kappa shape index (κ3) is 2.47. The van der Waals surface area contributed by atoms with E-state index in [1.54, 1.807) is 0 Å². The molecule has 0 spiro atoms. The summed E-state index contributed by atoms with van der Waals surface area (Å²) in [6, 6.07) is 1.99. The number of hydrogen-bond acceptors (Lipinski definition) is 1. The van der Waals surface area contributed by atoms with Crippen molar-refractivity contribution in [1.29, 1.82) is 0 Å². The first-order valence-electron chi connectivity index (χ1n) is 5.55. The van der Waals surface area contributed by atoms with Gasteiger partial charge in [0, 0.05) is 13.1 Å². The summed E-state index contributed by atoms with van der Waals surface area (Å²) in [6.45, 7) is 1.05. The number of alkyl halides is 3. The van der Waals surface area contributed by atoms with Gasteiger partial charge in [-0.1, -0.05) is 0 Å². The van der Waals surface area contributed by atoms with Crippen molar-refractivity contribution in [3.05, 3.63) is 35.1 Å². The molecule has 0 aromatic heterocycles. The van der Waals surface area contributed by atoms with E-state index in [1.165, 1.54) is 4.90 Å². The van der Waals surface area contributed by atoms with Gasteiger partial charge in [-0.15, -0.1) is 0 Å². The van der Waals surface area contributed by atoms with E-state index in [9.17, 15) is 22.4 Å². The fourth-order valence-electron chi connectivity index (χ4n) is 1.96. The lowest BCUT2D eigenvalue weighted by Crippen LogP contribution is -2.28. The SMILES string of the molecule is O=C(c1ccc(C(F)(F)F)cc1F)N1CCCC1. The minimum absolute atomic E-state index is 0.301. The maximum absolute atomic E-state index is 13.5. The minimum atomic E-state index is -4.60. The molecule has 0 unspecified atom stereocenters. The van der Waals surface area contributed by atoms with E-state index in [0.717, 1.165) is 25.0 Å². The summed E-state index contributed by atoms with van der Waals surface area (Å²) >= 11 is 0. The van der Waals surface area contributed by atoms with Crippen LogP contribution in [0, 0.1) is 5.82 Å². The zero-order valence-electron chi connectivity index (χ0n) is 9.43. The normalized spacial score (nSPS) is 16.1. The monoisotopic (exact) mass is 261 g/mol. The summed E-state index contributed by atoms with van der Waals surface area (Å²) in [5, 5.41) is 0. The van der Waals surface area contributed by atoms with Gasteiger partial charge in [0.2, 0.25) is 0 Å². The molecular weight excluding hydrogens is 250 g/mol. The molecule has 1 aromatic carbocycles. The van der Waals surface area contributed by atoms with E-state index in [-0.39, 0.29) is 5.56 Å². The highest BCUT2D eigenvalue weighted by atomic mass is 19.4. The maximum atomic E-state index is 13.5. The van der Waals surface area contributed by atoms with Crippen LogP contribution in [0.1, 0.15) is 28.8 Å². The number of carbonyl (C=O) groups is 1.